The number of rotatable bonds is 6. The molecule has 0 fully saturated rings. The van der Waals surface area contributed by atoms with Gasteiger partial charge in [-0.3, -0.25) is 0 Å². The summed E-state index contributed by atoms with van der Waals surface area (Å²) < 4.78 is 31.2. The standard InChI is InChI=1S/C10H13Cl2NO3S/c1-16-7-9(6-11)13-17(14,15)10-4-2-8(12)3-5-10/h2-5,9,13H,6-7H2,1H3. The molecule has 1 aromatic rings. The van der Waals surface area contributed by atoms with Crippen LogP contribution in [0.4, 0.5) is 0 Å². The summed E-state index contributed by atoms with van der Waals surface area (Å²) in [6.45, 7) is 0.219. The lowest BCUT2D eigenvalue weighted by atomic mass is 10.4. The predicted molar refractivity (Wildman–Crippen MR) is 68.2 cm³/mol. The van der Waals surface area contributed by atoms with E-state index in [0.717, 1.165) is 0 Å². The molecule has 0 saturated heterocycles. The fourth-order valence-corrected chi connectivity index (χ4v) is 2.82. The summed E-state index contributed by atoms with van der Waals surface area (Å²) in [5, 5.41) is 0.481. The lowest BCUT2D eigenvalue weighted by Gasteiger charge is -2.15. The first-order valence-electron chi connectivity index (χ1n) is 4.82. The van der Waals surface area contributed by atoms with Crippen molar-refractivity contribution in [3.8, 4) is 0 Å². The molecule has 1 N–H and O–H groups in total. The third kappa shape index (κ3) is 4.44. The average molecular weight is 298 g/mol. The molecule has 1 unspecified atom stereocenters. The van der Waals surface area contributed by atoms with Crippen LogP contribution in [0.15, 0.2) is 29.2 Å². The quantitative estimate of drug-likeness (QED) is 0.816. The Labute approximate surface area is 111 Å². The number of sulfonamides is 1. The van der Waals surface area contributed by atoms with Crippen LogP contribution in [0.2, 0.25) is 5.02 Å². The van der Waals surface area contributed by atoms with Gasteiger partial charge in [-0.2, -0.15) is 0 Å². The molecule has 1 aromatic carbocycles. The molecule has 0 heterocycles. The normalized spacial score (nSPS) is 13.6. The molecule has 0 amide bonds. The number of halogens is 2. The second-order valence-electron chi connectivity index (χ2n) is 3.38. The van der Waals surface area contributed by atoms with Gasteiger partial charge in [0.15, 0.2) is 0 Å². The van der Waals surface area contributed by atoms with Crippen molar-refractivity contribution in [1.29, 1.82) is 0 Å². The SMILES string of the molecule is COCC(CCl)NS(=O)(=O)c1ccc(Cl)cc1. The van der Waals surface area contributed by atoms with Crippen molar-refractivity contribution in [1.82, 2.24) is 4.72 Å². The lowest BCUT2D eigenvalue weighted by molar-refractivity contribution is 0.181. The van der Waals surface area contributed by atoms with Crippen LogP contribution >= 0.6 is 23.2 Å². The maximum Gasteiger partial charge on any atom is 0.240 e. The molecule has 0 aliphatic carbocycles. The summed E-state index contributed by atoms with van der Waals surface area (Å²) in [5.41, 5.74) is 0. The maximum atomic E-state index is 11.9. The predicted octanol–water partition coefficient (Wildman–Crippen LogP) is 1.87. The smallest absolute Gasteiger partial charge is 0.240 e. The molecule has 0 radical (unpaired) electrons. The molecular weight excluding hydrogens is 285 g/mol. The number of alkyl halides is 1. The molecule has 0 spiro atoms. The fraction of sp³-hybridized carbons (Fsp3) is 0.400. The third-order valence-corrected chi connectivity index (χ3v) is 4.16. The van der Waals surface area contributed by atoms with Gasteiger partial charge in [0.2, 0.25) is 10.0 Å². The van der Waals surface area contributed by atoms with E-state index < -0.39 is 16.1 Å². The van der Waals surface area contributed by atoms with Crippen LogP contribution in [0.25, 0.3) is 0 Å². The molecule has 96 valence electrons. The van der Waals surface area contributed by atoms with E-state index in [9.17, 15) is 8.42 Å². The third-order valence-electron chi connectivity index (χ3n) is 2.00. The van der Waals surface area contributed by atoms with Crippen LogP contribution in [0.5, 0.6) is 0 Å². The highest BCUT2D eigenvalue weighted by molar-refractivity contribution is 7.89. The zero-order valence-electron chi connectivity index (χ0n) is 9.19. The Kier molecular flexibility index (Phi) is 5.69. The molecule has 1 atom stereocenters. The lowest BCUT2D eigenvalue weighted by Crippen LogP contribution is -2.39. The van der Waals surface area contributed by atoms with Crippen molar-refractivity contribution in [2.24, 2.45) is 0 Å². The zero-order chi connectivity index (χ0) is 12.9. The van der Waals surface area contributed by atoms with Gasteiger partial charge < -0.3 is 4.74 Å². The molecule has 0 aliphatic heterocycles. The summed E-state index contributed by atoms with van der Waals surface area (Å²) in [6, 6.07) is 5.44. The van der Waals surface area contributed by atoms with Crippen LogP contribution in [0.1, 0.15) is 0 Å². The van der Waals surface area contributed by atoms with Gasteiger partial charge in [-0.25, -0.2) is 13.1 Å². The Bertz CT molecular complexity index is 447. The highest BCUT2D eigenvalue weighted by atomic mass is 35.5. The first-order chi connectivity index (χ1) is 7.99. The Morgan fingerprint density at radius 3 is 2.41 bits per heavy atom. The van der Waals surface area contributed by atoms with Crippen LogP contribution in [-0.2, 0) is 14.8 Å². The minimum Gasteiger partial charge on any atom is -0.383 e. The summed E-state index contributed by atoms with van der Waals surface area (Å²) >= 11 is 11.3. The topological polar surface area (TPSA) is 55.4 Å². The van der Waals surface area contributed by atoms with Crippen LogP contribution < -0.4 is 4.72 Å². The van der Waals surface area contributed by atoms with Gasteiger partial charge in [-0.15, -0.1) is 11.6 Å². The molecule has 1 rings (SSSR count). The number of benzene rings is 1. The zero-order valence-corrected chi connectivity index (χ0v) is 11.5. The molecule has 0 aliphatic rings. The van der Waals surface area contributed by atoms with Crippen LogP contribution in [0, 0.1) is 0 Å². The summed E-state index contributed by atoms with van der Waals surface area (Å²) in [6.07, 6.45) is 0. The second-order valence-corrected chi connectivity index (χ2v) is 5.84. The van der Waals surface area contributed by atoms with Gasteiger partial charge >= 0.3 is 0 Å². The Hall–Kier alpha value is -0.330. The first kappa shape index (κ1) is 14.7. The molecule has 0 aromatic heterocycles. The molecular formula is C10H13Cl2NO3S. The number of ether oxygens (including phenoxy) is 1. The van der Waals surface area contributed by atoms with Gasteiger partial charge in [-0.05, 0) is 24.3 Å². The van der Waals surface area contributed by atoms with Gasteiger partial charge in [0, 0.05) is 18.0 Å². The van der Waals surface area contributed by atoms with E-state index in [4.69, 9.17) is 27.9 Å². The highest BCUT2D eigenvalue weighted by Gasteiger charge is 2.19. The number of hydrogen-bond acceptors (Lipinski definition) is 3. The maximum absolute atomic E-state index is 11.9. The van der Waals surface area contributed by atoms with Gasteiger partial charge in [0.25, 0.3) is 0 Å². The average Bonchev–Trinajstić information content (AvgIpc) is 2.28. The van der Waals surface area contributed by atoms with E-state index in [-0.39, 0.29) is 17.4 Å². The van der Waals surface area contributed by atoms with E-state index in [2.05, 4.69) is 4.72 Å². The van der Waals surface area contributed by atoms with E-state index >= 15 is 0 Å². The Balaban J connectivity index is 2.84. The minimum atomic E-state index is -3.58. The minimum absolute atomic E-state index is 0.140. The van der Waals surface area contributed by atoms with E-state index in [1.54, 1.807) is 0 Å². The molecule has 0 saturated carbocycles. The number of nitrogens with one attached hydrogen (secondary N) is 1. The van der Waals surface area contributed by atoms with Gasteiger partial charge in [0.1, 0.15) is 0 Å². The van der Waals surface area contributed by atoms with Crippen molar-refractivity contribution in [2.75, 3.05) is 19.6 Å². The second kappa shape index (κ2) is 6.56. The Morgan fingerprint density at radius 1 is 1.35 bits per heavy atom. The fourth-order valence-electron chi connectivity index (χ4n) is 1.21. The van der Waals surface area contributed by atoms with Gasteiger partial charge in [-0.1, -0.05) is 11.6 Å². The first-order valence-corrected chi connectivity index (χ1v) is 7.22. The summed E-state index contributed by atoms with van der Waals surface area (Å²) in [4.78, 5) is 0.146. The largest absolute Gasteiger partial charge is 0.383 e. The van der Waals surface area contributed by atoms with Crippen molar-refractivity contribution in [3.63, 3.8) is 0 Å². The van der Waals surface area contributed by atoms with Crippen molar-refractivity contribution in [3.05, 3.63) is 29.3 Å². The monoisotopic (exact) mass is 297 g/mol. The Morgan fingerprint density at radius 2 is 1.94 bits per heavy atom. The number of hydrogen-bond donors (Lipinski definition) is 1. The van der Waals surface area contributed by atoms with E-state index in [1.807, 2.05) is 0 Å². The van der Waals surface area contributed by atoms with E-state index in [1.165, 1.54) is 31.4 Å². The van der Waals surface area contributed by atoms with Crippen molar-refractivity contribution < 1.29 is 13.2 Å². The number of methoxy groups -OCH3 is 1. The van der Waals surface area contributed by atoms with Crippen molar-refractivity contribution in [2.45, 2.75) is 10.9 Å². The summed E-state index contributed by atoms with van der Waals surface area (Å²) in [5.74, 6) is 0.140. The summed E-state index contributed by atoms with van der Waals surface area (Å²) in [7, 11) is -2.10. The molecule has 0 bridgehead atoms. The van der Waals surface area contributed by atoms with Crippen LogP contribution in [-0.4, -0.2) is 34.1 Å². The van der Waals surface area contributed by atoms with Crippen LogP contribution in [0.3, 0.4) is 0 Å². The molecule has 4 nitrogen and oxygen atoms in total. The molecule has 7 heteroatoms. The van der Waals surface area contributed by atoms with Gasteiger partial charge in [0.05, 0.1) is 17.5 Å². The highest BCUT2D eigenvalue weighted by Crippen LogP contribution is 2.14. The van der Waals surface area contributed by atoms with E-state index in [0.29, 0.717) is 5.02 Å². The van der Waals surface area contributed by atoms with Crippen molar-refractivity contribution >= 4 is 33.2 Å². The molecule has 17 heavy (non-hydrogen) atoms.